The third-order valence-electron chi connectivity index (χ3n) is 6.41. The Bertz CT molecular complexity index is 1520. The van der Waals surface area contributed by atoms with Gasteiger partial charge in [0.05, 0.1) is 22.5 Å². The van der Waals surface area contributed by atoms with E-state index < -0.39 is 0 Å². The molecule has 0 saturated carbocycles. The Labute approximate surface area is 232 Å². The second-order valence-electron chi connectivity index (χ2n) is 9.43. The Hall–Kier alpha value is -4.46. The molecular formula is C31H28ClN5O2. The number of anilines is 3. The lowest BCUT2D eigenvalue weighted by atomic mass is 10.00. The van der Waals surface area contributed by atoms with E-state index >= 15 is 0 Å². The molecule has 5 rings (SSSR count). The number of fused-ring (bicyclic) bond motifs is 1. The van der Waals surface area contributed by atoms with Crippen LogP contribution in [0.1, 0.15) is 21.5 Å². The fourth-order valence-electron chi connectivity index (χ4n) is 4.44. The summed E-state index contributed by atoms with van der Waals surface area (Å²) in [5, 5.41) is 6.94. The van der Waals surface area contributed by atoms with Crippen molar-refractivity contribution in [3.63, 3.8) is 0 Å². The first-order chi connectivity index (χ1) is 18.9. The molecule has 1 aliphatic rings. The van der Waals surface area contributed by atoms with Crippen LogP contribution < -0.4 is 15.5 Å². The first-order valence-corrected chi connectivity index (χ1v) is 12.9. The van der Waals surface area contributed by atoms with Crippen molar-refractivity contribution in [2.24, 2.45) is 0 Å². The van der Waals surface area contributed by atoms with Gasteiger partial charge in [0.2, 0.25) is 0 Å². The number of pyridine rings is 1. The Morgan fingerprint density at radius 3 is 2.36 bits per heavy atom. The molecule has 196 valence electrons. The van der Waals surface area contributed by atoms with E-state index in [0.717, 1.165) is 22.5 Å². The molecule has 2 N–H and O–H groups in total. The fourth-order valence-corrected chi connectivity index (χ4v) is 4.61. The lowest BCUT2D eigenvalue weighted by Crippen LogP contribution is -2.36. The van der Waals surface area contributed by atoms with Gasteiger partial charge in [0.15, 0.2) is 0 Å². The third kappa shape index (κ3) is 5.85. The standard InChI is InChI=1S/C31H28ClN5O2/c1-36(2)17-18-37(31(39)22-9-6-16-33-20-22)25-13-11-24(12-14-25)34-29(21-7-4-3-5-8-21)28-26-15-10-23(32)19-27(26)35-30(28)38/h3-16,19-20,34H,17-18H2,1-2H3,(H,35,38). The largest absolute Gasteiger partial charge is 0.354 e. The topological polar surface area (TPSA) is 77.6 Å². The zero-order valence-corrected chi connectivity index (χ0v) is 22.4. The minimum absolute atomic E-state index is 0.115. The maximum absolute atomic E-state index is 13.3. The summed E-state index contributed by atoms with van der Waals surface area (Å²) in [7, 11) is 3.95. The van der Waals surface area contributed by atoms with Crippen LogP contribution >= 0.6 is 11.6 Å². The van der Waals surface area contributed by atoms with Gasteiger partial charge in [-0.25, -0.2) is 0 Å². The predicted molar refractivity (Wildman–Crippen MR) is 158 cm³/mol. The van der Waals surface area contributed by atoms with Gasteiger partial charge in [0.1, 0.15) is 0 Å². The van der Waals surface area contributed by atoms with E-state index in [1.165, 1.54) is 0 Å². The highest BCUT2D eigenvalue weighted by Crippen LogP contribution is 2.38. The van der Waals surface area contributed by atoms with Gasteiger partial charge in [0, 0.05) is 47.4 Å². The summed E-state index contributed by atoms with van der Waals surface area (Å²) in [6.07, 6.45) is 3.23. The Kier molecular flexibility index (Phi) is 7.72. The van der Waals surface area contributed by atoms with E-state index in [0.29, 0.717) is 40.6 Å². The van der Waals surface area contributed by atoms with Crippen molar-refractivity contribution in [3.8, 4) is 0 Å². The van der Waals surface area contributed by atoms with Crippen LogP contribution in [0.4, 0.5) is 17.1 Å². The Balaban J connectivity index is 1.49. The molecular weight excluding hydrogens is 510 g/mol. The quantitative estimate of drug-likeness (QED) is 0.275. The molecule has 39 heavy (non-hydrogen) atoms. The summed E-state index contributed by atoms with van der Waals surface area (Å²) in [4.78, 5) is 34.4. The predicted octanol–water partition coefficient (Wildman–Crippen LogP) is 5.88. The van der Waals surface area contributed by atoms with Crippen LogP contribution in [-0.2, 0) is 4.79 Å². The van der Waals surface area contributed by atoms with Gasteiger partial charge >= 0.3 is 0 Å². The van der Waals surface area contributed by atoms with Crippen molar-refractivity contribution >= 4 is 51.7 Å². The highest BCUT2D eigenvalue weighted by Gasteiger charge is 2.28. The second kappa shape index (κ2) is 11.5. The van der Waals surface area contributed by atoms with Gasteiger partial charge in [-0.3, -0.25) is 14.6 Å². The van der Waals surface area contributed by atoms with Crippen molar-refractivity contribution in [1.82, 2.24) is 9.88 Å². The monoisotopic (exact) mass is 537 g/mol. The second-order valence-corrected chi connectivity index (χ2v) is 9.87. The van der Waals surface area contributed by atoms with Crippen LogP contribution in [0.5, 0.6) is 0 Å². The number of amides is 2. The first-order valence-electron chi connectivity index (χ1n) is 12.6. The summed E-state index contributed by atoms with van der Waals surface area (Å²) >= 11 is 6.17. The summed E-state index contributed by atoms with van der Waals surface area (Å²) in [5.74, 6) is -0.317. The highest BCUT2D eigenvalue weighted by atomic mass is 35.5. The van der Waals surface area contributed by atoms with Gasteiger partial charge in [-0.1, -0.05) is 48.0 Å². The molecule has 0 unspecified atom stereocenters. The van der Waals surface area contributed by atoms with E-state index in [1.807, 2.05) is 79.7 Å². The van der Waals surface area contributed by atoms with Gasteiger partial charge in [-0.15, -0.1) is 0 Å². The smallest absolute Gasteiger partial charge is 0.259 e. The number of benzene rings is 3. The maximum atomic E-state index is 13.3. The molecule has 0 atom stereocenters. The van der Waals surface area contributed by atoms with Crippen LogP contribution in [0.25, 0.3) is 11.3 Å². The summed E-state index contributed by atoms with van der Waals surface area (Å²) in [5.41, 5.74) is 5.62. The van der Waals surface area contributed by atoms with Crippen LogP contribution in [0.2, 0.25) is 5.02 Å². The molecule has 3 aromatic carbocycles. The van der Waals surface area contributed by atoms with E-state index in [4.69, 9.17) is 11.6 Å². The van der Waals surface area contributed by atoms with Crippen molar-refractivity contribution in [2.75, 3.05) is 42.7 Å². The zero-order chi connectivity index (χ0) is 27.4. The number of hydrogen-bond donors (Lipinski definition) is 2. The summed E-state index contributed by atoms with van der Waals surface area (Å²) in [6, 6.07) is 26.3. The molecule has 1 aromatic heterocycles. The Morgan fingerprint density at radius 2 is 1.67 bits per heavy atom. The van der Waals surface area contributed by atoms with E-state index in [9.17, 15) is 9.59 Å². The highest BCUT2D eigenvalue weighted by molar-refractivity contribution is 6.38. The molecule has 0 radical (unpaired) electrons. The van der Waals surface area contributed by atoms with Gasteiger partial charge in [0.25, 0.3) is 11.8 Å². The molecule has 0 fully saturated rings. The summed E-state index contributed by atoms with van der Waals surface area (Å²) in [6.45, 7) is 1.22. The van der Waals surface area contributed by atoms with E-state index in [1.54, 1.807) is 41.6 Å². The van der Waals surface area contributed by atoms with Crippen molar-refractivity contribution in [2.45, 2.75) is 0 Å². The zero-order valence-electron chi connectivity index (χ0n) is 21.7. The molecule has 2 heterocycles. The van der Waals surface area contributed by atoms with Gasteiger partial charge in [-0.2, -0.15) is 0 Å². The third-order valence-corrected chi connectivity index (χ3v) is 6.65. The SMILES string of the molecule is CN(C)CCN(C(=O)c1cccnc1)c1ccc(NC(=C2C(=O)Nc3cc(Cl)ccc32)c2ccccc2)cc1. The number of rotatable bonds is 8. The summed E-state index contributed by atoms with van der Waals surface area (Å²) < 4.78 is 0. The van der Waals surface area contributed by atoms with Crippen molar-refractivity contribution in [1.29, 1.82) is 0 Å². The van der Waals surface area contributed by atoms with Crippen molar-refractivity contribution < 1.29 is 9.59 Å². The normalized spacial score (nSPS) is 13.6. The average molecular weight is 538 g/mol. The number of likely N-dealkylation sites (N-methyl/N-ethyl adjacent to an activating group) is 1. The Morgan fingerprint density at radius 1 is 0.923 bits per heavy atom. The molecule has 8 heteroatoms. The molecule has 0 spiro atoms. The van der Waals surface area contributed by atoms with Crippen LogP contribution in [-0.4, -0.2) is 48.9 Å². The van der Waals surface area contributed by atoms with Gasteiger partial charge in [-0.05, 0) is 68.2 Å². The number of carbonyl (C=O) groups excluding carboxylic acids is 2. The number of hydrogen-bond acceptors (Lipinski definition) is 5. The minimum atomic E-state index is -0.202. The van der Waals surface area contributed by atoms with Crippen LogP contribution in [0, 0.1) is 0 Å². The number of nitrogens with zero attached hydrogens (tertiary/aromatic N) is 3. The van der Waals surface area contributed by atoms with Crippen LogP contribution in [0.15, 0.2) is 97.3 Å². The minimum Gasteiger partial charge on any atom is -0.354 e. The number of aromatic nitrogens is 1. The van der Waals surface area contributed by atoms with E-state index in [2.05, 4.69) is 15.6 Å². The fraction of sp³-hybridized carbons (Fsp3) is 0.129. The number of nitrogens with one attached hydrogen (secondary N) is 2. The van der Waals surface area contributed by atoms with Crippen molar-refractivity contribution in [3.05, 3.63) is 119 Å². The molecule has 4 aromatic rings. The molecule has 0 aliphatic carbocycles. The van der Waals surface area contributed by atoms with E-state index in [-0.39, 0.29) is 11.8 Å². The molecule has 0 saturated heterocycles. The van der Waals surface area contributed by atoms with Crippen LogP contribution in [0.3, 0.4) is 0 Å². The number of carbonyl (C=O) groups is 2. The lowest BCUT2D eigenvalue weighted by Gasteiger charge is -2.25. The number of halogens is 1. The first kappa shape index (κ1) is 26.2. The molecule has 2 amide bonds. The molecule has 0 bridgehead atoms. The average Bonchev–Trinajstić information content (AvgIpc) is 3.27. The van der Waals surface area contributed by atoms with Gasteiger partial charge < -0.3 is 20.4 Å². The lowest BCUT2D eigenvalue weighted by molar-refractivity contribution is -0.110. The maximum Gasteiger partial charge on any atom is 0.259 e. The molecule has 1 aliphatic heterocycles. The molecule has 7 nitrogen and oxygen atoms in total.